The van der Waals surface area contributed by atoms with Crippen LogP contribution in [-0.2, 0) is 17.8 Å². The van der Waals surface area contributed by atoms with Gasteiger partial charge in [0.15, 0.2) is 0 Å². The third kappa shape index (κ3) is 2.55. The maximum atomic E-state index is 10.6. The third-order valence-corrected chi connectivity index (χ3v) is 1.84. The van der Waals surface area contributed by atoms with Crippen LogP contribution in [0.2, 0.25) is 0 Å². The summed E-state index contributed by atoms with van der Waals surface area (Å²) in [5.41, 5.74) is 11.6. The van der Waals surface area contributed by atoms with Gasteiger partial charge in [-0.2, -0.15) is 5.10 Å². The zero-order valence-electron chi connectivity index (χ0n) is 7.60. The first-order valence-corrected chi connectivity index (χ1v) is 4.19. The zero-order valence-corrected chi connectivity index (χ0v) is 7.60. The summed E-state index contributed by atoms with van der Waals surface area (Å²) in [5, 5.41) is 4.04. The molecule has 0 aliphatic rings. The van der Waals surface area contributed by atoms with Crippen LogP contribution in [0.15, 0.2) is 12.4 Å². The summed E-state index contributed by atoms with van der Waals surface area (Å²) in [6.07, 6.45) is 4.54. The molecule has 1 amide bonds. The van der Waals surface area contributed by atoms with E-state index < -0.39 is 11.9 Å². The standard InChI is InChI=1S/C8H14N4O/c1-2-6-3-11-12(4-6)5-7(9)8(10)13/h3-4,7H,2,5,9H2,1H3,(H2,10,13). The molecule has 13 heavy (non-hydrogen) atoms. The lowest BCUT2D eigenvalue weighted by molar-refractivity contribution is -0.119. The van der Waals surface area contributed by atoms with Crippen LogP contribution in [-0.4, -0.2) is 21.7 Å². The van der Waals surface area contributed by atoms with Crippen LogP contribution in [0.3, 0.4) is 0 Å². The fourth-order valence-electron chi connectivity index (χ4n) is 0.980. The summed E-state index contributed by atoms with van der Waals surface area (Å²) in [5.74, 6) is -0.506. The second-order valence-electron chi connectivity index (χ2n) is 2.93. The Bertz CT molecular complexity index is 294. The maximum Gasteiger partial charge on any atom is 0.236 e. The molecular weight excluding hydrogens is 168 g/mol. The molecule has 1 aromatic rings. The Morgan fingerprint density at radius 3 is 2.92 bits per heavy atom. The Labute approximate surface area is 76.7 Å². The Morgan fingerprint density at radius 2 is 2.46 bits per heavy atom. The highest BCUT2D eigenvalue weighted by Crippen LogP contribution is 1.98. The van der Waals surface area contributed by atoms with E-state index in [1.165, 1.54) is 0 Å². The Kier molecular flexibility index (Phi) is 3.02. The van der Waals surface area contributed by atoms with Crippen molar-refractivity contribution in [2.24, 2.45) is 11.5 Å². The monoisotopic (exact) mass is 182 g/mol. The van der Waals surface area contributed by atoms with Crippen molar-refractivity contribution in [3.05, 3.63) is 18.0 Å². The first-order valence-electron chi connectivity index (χ1n) is 4.19. The number of primary amides is 1. The molecule has 0 aliphatic carbocycles. The van der Waals surface area contributed by atoms with Gasteiger partial charge in [-0.1, -0.05) is 6.92 Å². The molecule has 0 radical (unpaired) electrons. The SMILES string of the molecule is CCc1cnn(CC(N)C(N)=O)c1. The predicted octanol–water partition coefficient (Wildman–Crippen LogP) is -0.742. The number of hydrogen-bond acceptors (Lipinski definition) is 3. The number of rotatable bonds is 4. The van der Waals surface area contributed by atoms with Crippen molar-refractivity contribution < 1.29 is 4.79 Å². The number of carbonyl (C=O) groups excluding carboxylic acids is 1. The summed E-state index contributed by atoms with van der Waals surface area (Å²) < 4.78 is 1.63. The third-order valence-electron chi connectivity index (χ3n) is 1.84. The van der Waals surface area contributed by atoms with E-state index in [2.05, 4.69) is 5.10 Å². The largest absolute Gasteiger partial charge is 0.368 e. The van der Waals surface area contributed by atoms with Gasteiger partial charge >= 0.3 is 0 Å². The fourth-order valence-corrected chi connectivity index (χ4v) is 0.980. The van der Waals surface area contributed by atoms with Crippen molar-refractivity contribution in [2.45, 2.75) is 25.9 Å². The summed E-state index contributed by atoms with van der Waals surface area (Å²) >= 11 is 0. The van der Waals surface area contributed by atoms with E-state index in [1.807, 2.05) is 13.1 Å². The van der Waals surface area contributed by atoms with Crippen LogP contribution >= 0.6 is 0 Å². The van der Waals surface area contributed by atoms with E-state index >= 15 is 0 Å². The van der Waals surface area contributed by atoms with Crippen LogP contribution in [0, 0.1) is 0 Å². The molecule has 0 saturated carbocycles. The molecule has 0 saturated heterocycles. The quantitative estimate of drug-likeness (QED) is 0.642. The minimum Gasteiger partial charge on any atom is -0.368 e. The summed E-state index contributed by atoms with van der Waals surface area (Å²) in [6.45, 7) is 2.38. The minimum atomic E-state index is -0.662. The zero-order chi connectivity index (χ0) is 9.84. The first kappa shape index (κ1) is 9.73. The molecule has 1 heterocycles. The van der Waals surface area contributed by atoms with Crippen molar-refractivity contribution in [1.82, 2.24) is 9.78 Å². The van der Waals surface area contributed by atoms with Crippen molar-refractivity contribution >= 4 is 5.91 Å². The molecule has 1 rings (SSSR count). The van der Waals surface area contributed by atoms with Gasteiger partial charge in [-0.3, -0.25) is 9.48 Å². The van der Waals surface area contributed by atoms with Gasteiger partial charge in [0.1, 0.15) is 6.04 Å². The normalized spacial score (nSPS) is 12.8. The number of aromatic nitrogens is 2. The number of aryl methyl sites for hydroxylation is 1. The van der Waals surface area contributed by atoms with Gasteiger partial charge in [-0.05, 0) is 12.0 Å². The number of amides is 1. The second-order valence-corrected chi connectivity index (χ2v) is 2.93. The molecule has 4 N–H and O–H groups in total. The average molecular weight is 182 g/mol. The van der Waals surface area contributed by atoms with Gasteiger partial charge in [0.25, 0.3) is 0 Å². The molecule has 72 valence electrons. The first-order chi connectivity index (χ1) is 6.13. The maximum absolute atomic E-state index is 10.6. The van der Waals surface area contributed by atoms with Crippen LogP contribution in [0.1, 0.15) is 12.5 Å². The van der Waals surface area contributed by atoms with Gasteiger partial charge in [0, 0.05) is 6.20 Å². The highest BCUT2D eigenvalue weighted by molar-refractivity contribution is 5.79. The molecule has 5 heteroatoms. The summed E-state index contributed by atoms with van der Waals surface area (Å²) in [7, 11) is 0. The van der Waals surface area contributed by atoms with E-state index in [0.29, 0.717) is 6.54 Å². The van der Waals surface area contributed by atoms with Gasteiger partial charge in [0.2, 0.25) is 5.91 Å². The van der Waals surface area contributed by atoms with Gasteiger partial charge < -0.3 is 11.5 Å². The van der Waals surface area contributed by atoms with Crippen molar-refractivity contribution in [3.63, 3.8) is 0 Å². The van der Waals surface area contributed by atoms with E-state index in [-0.39, 0.29) is 0 Å². The van der Waals surface area contributed by atoms with Gasteiger partial charge in [-0.25, -0.2) is 0 Å². The van der Waals surface area contributed by atoms with Gasteiger partial charge in [-0.15, -0.1) is 0 Å². The van der Waals surface area contributed by atoms with Gasteiger partial charge in [0.05, 0.1) is 12.7 Å². The predicted molar refractivity (Wildman–Crippen MR) is 48.8 cm³/mol. The summed E-state index contributed by atoms with van der Waals surface area (Å²) in [4.78, 5) is 10.6. The number of nitrogens with two attached hydrogens (primary N) is 2. The second kappa shape index (κ2) is 4.04. The van der Waals surface area contributed by atoms with E-state index in [4.69, 9.17) is 11.5 Å². The highest BCUT2D eigenvalue weighted by atomic mass is 16.1. The van der Waals surface area contributed by atoms with Crippen molar-refractivity contribution in [1.29, 1.82) is 0 Å². The molecule has 0 aromatic carbocycles. The average Bonchev–Trinajstić information content (AvgIpc) is 2.52. The minimum absolute atomic E-state index is 0.343. The molecule has 0 aliphatic heterocycles. The molecule has 1 atom stereocenters. The number of carbonyl (C=O) groups is 1. The molecule has 0 fully saturated rings. The van der Waals surface area contributed by atoms with E-state index in [9.17, 15) is 4.79 Å². The Hall–Kier alpha value is -1.36. The van der Waals surface area contributed by atoms with Crippen LogP contribution in [0.5, 0.6) is 0 Å². The van der Waals surface area contributed by atoms with Crippen LogP contribution in [0.4, 0.5) is 0 Å². The van der Waals surface area contributed by atoms with E-state index in [1.54, 1.807) is 10.9 Å². The number of nitrogens with zero attached hydrogens (tertiary/aromatic N) is 2. The van der Waals surface area contributed by atoms with Crippen molar-refractivity contribution in [3.8, 4) is 0 Å². The molecular formula is C8H14N4O. The highest BCUT2D eigenvalue weighted by Gasteiger charge is 2.09. The van der Waals surface area contributed by atoms with Crippen LogP contribution in [0.25, 0.3) is 0 Å². The Balaban J connectivity index is 2.58. The lowest BCUT2D eigenvalue weighted by Gasteiger charge is -2.06. The molecule has 5 nitrogen and oxygen atoms in total. The number of hydrogen-bond donors (Lipinski definition) is 2. The Morgan fingerprint density at radius 1 is 1.77 bits per heavy atom. The lowest BCUT2D eigenvalue weighted by atomic mass is 10.3. The van der Waals surface area contributed by atoms with Crippen LogP contribution < -0.4 is 11.5 Å². The smallest absolute Gasteiger partial charge is 0.236 e. The van der Waals surface area contributed by atoms with E-state index in [0.717, 1.165) is 12.0 Å². The fraction of sp³-hybridized carbons (Fsp3) is 0.500. The topological polar surface area (TPSA) is 86.9 Å². The van der Waals surface area contributed by atoms with Crippen molar-refractivity contribution in [2.75, 3.05) is 0 Å². The lowest BCUT2D eigenvalue weighted by Crippen LogP contribution is -2.39. The molecule has 1 unspecified atom stereocenters. The molecule has 0 bridgehead atoms. The summed E-state index contributed by atoms with van der Waals surface area (Å²) in [6, 6.07) is -0.662. The molecule has 0 spiro atoms. The molecule has 1 aromatic heterocycles.